The summed E-state index contributed by atoms with van der Waals surface area (Å²) >= 11 is 0. The summed E-state index contributed by atoms with van der Waals surface area (Å²) in [4.78, 5) is 39.7. The molecule has 1 aromatic carbocycles. The molecule has 2 aliphatic rings. The lowest BCUT2D eigenvalue weighted by Gasteiger charge is -2.26. The molecule has 0 saturated carbocycles. The molecule has 2 amide bonds. The van der Waals surface area contributed by atoms with E-state index in [4.69, 9.17) is 4.98 Å². The number of aromatic nitrogens is 3. The topological polar surface area (TPSA) is 83.4 Å². The zero-order valence-corrected chi connectivity index (χ0v) is 21.8. The fourth-order valence-corrected chi connectivity index (χ4v) is 5.53. The first kappa shape index (κ1) is 25.1. The monoisotopic (exact) mass is 500 g/mol. The van der Waals surface area contributed by atoms with Crippen LogP contribution in [-0.2, 0) is 4.79 Å². The van der Waals surface area contributed by atoms with Gasteiger partial charge in [0.05, 0.1) is 17.1 Å². The Labute approximate surface area is 218 Å². The molecule has 1 atom stereocenters. The minimum Gasteiger partial charge on any atom is -0.337 e. The second-order valence-electron chi connectivity index (χ2n) is 10.2. The number of amides is 2. The first-order valence-corrected chi connectivity index (χ1v) is 13.4. The molecule has 2 aromatic heterocycles. The van der Waals surface area contributed by atoms with Crippen molar-refractivity contribution in [3.05, 3.63) is 65.5 Å². The molecular weight excluding hydrogens is 464 g/mol. The average molecular weight is 501 g/mol. The van der Waals surface area contributed by atoms with E-state index in [1.807, 2.05) is 30.0 Å². The van der Waals surface area contributed by atoms with Gasteiger partial charge in [-0.15, -0.1) is 0 Å². The van der Waals surface area contributed by atoms with Gasteiger partial charge in [0, 0.05) is 43.2 Å². The van der Waals surface area contributed by atoms with Crippen LogP contribution < -0.4 is 5.32 Å². The molecule has 2 aliphatic heterocycles. The van der Waals surface area contributed by atoms with Crippen LogP contribution in [0.5, 0.6) is 0 Å². The number of nitrogens with zero attached hydrogens (tertiary/aromatic N) is 5. The number of anilines is 1. The minimum absolute atomic E-state index is 0.0130. The highest BCUT2D eigenvalue weighted by Gasteiger charge is 2.27. The van der Waals surface area contributed by atoms with Gasteiger partial charge in [0.1, 0.15) is 0 Å². The molecule has 2 fully saturated rings. The average Bonchev–Trinajstić information content (AvgIpc) is 3.46. The Morgan fingerprint density at radius 3 is 2.70 bits per heavy atom. The molecule has 194 valence electrons. The number of carbonyl (C=O) groups is 2. The van der Waals surface area contributed by atoms with Gasteiger partial charge in [0.15, 0.2) is 0 Å². The lowest BCUT2D eigenvalue weighted by Crippen LogP contribution is -2.35. The summed E-state index contributed by atoms with van der Waals surface area (Å²) in [5, 5.41) is 3.06. The zero-order valence-electron chi connectivity index (χ0n) is 21.8. The number of likely N-dealkylation sites (tertiary alicyclic amines) is 2. The van der Waals surface area contributed by atoms with E-state index in [1.54, 1.807) is 24.4 Å². The number of para-hydroxylation sites is 1. The Kier molecular flexibility index (Phi) is 7.65. The van der Waals surface area contributed by atoms with Gasteiger partial charge in [0.25, 0.3) is 5.91 Å². The van der Waals surface area contributed by atoms with Crippen molar-refractivity contribution in [3.63, 3.8) is 0 Å². The zero-order chi connectivity index (χ0) is 25.8. The molecule has 0 unspecified atom stereocenters. The van der Waals surface area contributed by atoms with Crippen LogP contribution in [-0.4, -0.2) is 68.9 Å². The molecular formula is C29H36N6O2. The van der Waals surface area contributed by atoms with Crippen LogP contribution in [0.3, 0.4) is 0 Å². The van der Waals surface area contributed by atoms with Crippen molar-refractivity contribution in [2.45, 2.75) is 52.0 Å². The van der Waals surface area contributed by atoms with Crippen LogP contribution in [0.15, 0.2) is 48.7 Å². The van der Waals surface area contributed by atoms with E-state index in [2.05, 4.69) is 32.8 Å². The summed E-state index contributed by atoms with van der Waals surface area (Å²) in [6.07, 6.45) is 10.8. The van der Waals surface area contributed by atoms with Gasteiger partial charge in [-0.1, -0.05) is 18.2 Å². The maximum atomic E-state index is 13.2. The van der Waals surface area contributed by atoms with Crippen molar-refractivity contribution >= 4 is 28.8 Å². The molecule has 0 bridgehead atoms. The molecule has 0 radical (unpaired) electrons. The second kappa shape index (κ2) is 11.3. The lowest BCUT2D eigenvalue weighted by molar-refractivity contribution is -0.126. The molecule has 5 rings (SSSR count). The maximum absolute atomic E-state index is 13.2. The van der Waals surface area contributed by atoms with Gasteiger partial charge in [0.2, 0.25) is 11.9 Å². The highest BCUT2D eigenvalue weighted by molar-refractivity contribution is 6.04. The van der Waals surface area contributed by atoms with Crippen molar-refractivity contribution in [2.24, 2.45) is 0 Å². The van der Waals surface area contributed by atoms with E-state index >= 15 is 0 Å². The van der Waals surface area contributed by atoms with Crippen LogP contribution in [0, 0.1) is 13.8 Å². The number of rotatable bonds is 6. The van der Waals surface area contributed by atoms with Gasteiger partial charge in [-0.05, 0) is 82.8 Å². The van der Waals surface area contributed by atoms with Crippen molar-refractivity contribution in [1.29, 1.82) is 0 Å². The largest absolute Gasteiger partial charge is 0.337 e. The number of imidazole rings is 1. The van der Waals surface area contributed by atoms with Crippen LogP contribution >= 0.6 is 0 Å². The van der Waals surface area contributed by atoms with Gasteiger partial charge < -0.3 is 9.47 Å². The fourth-order valence-electron chi connectivity index (χ4n) is 5.53. The number of pyridine rings is 1. The van der Waals surface area contributed by atoms with E-state index in [0.717, 1.165) is 67.7 Å². The molecule has 1 N–H and O–H groups in total. The first-order chi connectivity index (χ1) is 18.0. The van der Waals surface area contributed by atoms with Crippen molar-refractivity contribution in [3.8, 4) is 0 Å². The molecule has 2 saturated heterocycles. The van der Waals surface area contributed by atoms with Crippen LogP contribution in [0.25, 0.3) is 11.0 Å². The normalized spacial score (nSPS) is 19.0. The highest BCUT2D eigenvalue weighted by Crippen LogP contribution is 2.32. The number of carbonyl (C=O) groups excluding carboxylic acids is 2. The predicted octanol–water partition coefficient (Wildman–Crippen LogP) is 4.51. The van der Waals surface area contributed by atoms with Crippen molar-refractivity contribution in [2.75, 3.05) is 38.0 Å². The molecule has 0 spiro atoms. The van der Waals surface area contributed by atoms with E-state index in [9.17, 15) is 9.59 Å². The van der Waals surface area contributed by atoms with E-state index in [1.165, 1.54) is 12.8 Å². The molecule has 8 heteroatoms. The number of nitrogens with one attached hydrogen (secondary N) is 1. The smallest absolute Gasteiger partial charge is 0.258 e. The predicted molar refractivity (Wildman–Crippen MR) is 146 cm³/mol. The first-order valence-electron chi connectivity index (χ1n) is 13.4. The lowest BCUT2D eigenvalue weighted by atomic mass is 10.1. The second-order valence-corrected chi connectivity index (χ2v) is 10.2. The Morgan fingerprint density at radius 2 is 1.89 bits per heavy atom. The van der Waals surface area contributed by atoms with Gasteiger partial charge >= 0.3 is 0 Å². The highest BCUT2D eigenvalue weighted by atomic mass is 16.2. The SMILES string of the molecule is Cc1cc(C(=O)Nc2nc3cccc(C)c3n2[C@@H]2CCCCN(C(=O)/C=C/CN3CCCC3)C2)ccn1. The molecule has 37 heavy (non-hydrogen) atoms. The molecule has 8 nitrogen and oxygen atoms in total. The molecule has 3 aromatic rings. The van der Waals surface area contributed by atoms with Gasteiger partial charge in [-0.2, -0.15) is 0 Å². The van der Waals surface area contributed by atoms with E-state index in [-0.39, 0.29) is 17.9 Å². The number of aryl methyl sites for hydroxylation is 2. The maximum Gasteiger partial charge on any atom is 0.258 e. The molecule has 0 aliphatic carbocycles. The molecule has 4 heterocycles. The Bertz CT molecular complexity index is 1310. The standard InChI is InChI=1S/C29H36N6O2/c1-21-9-7-11-25-27(21)35(29(31-25)32-28(37)23-13-14-30-22(2)19-23)24-10-3-4-18-34(20-24)26(36)12-8-17-33-15-5-6-16-33/h7-9,11-14,19,24H,3-6,10,15-18,20H2,1-2H3,(H,31,32,37)/b12-8+/t24-/m1/s1. The van der Waals surface area contributed by atoms with Crippen LogP contribution in [0.1, 0.15) is 59.8 Å². The summed E-state index contributed by atoms with van der Waals surface area (Å²) in [5.74, 6) is 0.365. The van der Waals surface area contributed by atoms with Gasteiger partial charge in [-0.3, -0.25) is 24.8 Å². The summed E-state index contributed by atoms with van der Waals surface area (Å²) in [6, 6.07) is 9.53. The van der Waals surface area contributed by atoms with Crippen molar-refractivity contribution < 1.29 is 9.59 Å². The summed E-state index contributed by atoms with van der Waals surface area (Å²) < 4.78 is 2.15. The van der Waals surface area contributed by atoms with Gasteiger partial charge in [-0.25, -0.2) is 4.98 Å². The quantitative estimate of drug-likeness (QED) is 0.504. The third-order valence-corrected chi connectivity index (χ3v) is 7.44. The summed E-state index contributed by atoms with van der Waals surface area (Å²) in [5.41, 5.74) is 4.27. The van der Waals surface area contributed by atoms with Crippen molar-refractivity contribution in [1.82, 2.24) is 24.3 Å². The number of hydrogen-bond donors (Lipinski definition) is 1. The van der Waals surface area contributed by atoms with Crippen LogP contribution in [0.2, 0.25) is 0 Å². The number of fused-ring (bicyclic) bond motifs is 1. The Balaban J connectivity index is 1.41. The number of hydrogen-bond acceptors (Lipinski definition) is 5. The van der Waals surface area contributed by atoms with E-state index in [0.29, 0.717) is 18.1 Å². The fraction of sp³-hybridized carbons (Fsp3) is 0.448. The Morgan fingerprint density at radius 1 is 1.08 bits per heavy atom. The summed E-state index contributed by atoms with van der Waals surface area (Å²) in [7, 11) is 0. The Hall–Kier alpha value is -3.52. The summed E-state index contributed by atoms with van der Waals surface area (Å²) in [6.45, 7) is 8.33. The van der Waals surface area contributed by atoms with E-state index < -0.39 is 0 Å². The minimum atomic E-state index is -0.217. The third kappa shape index (κ3) is 5.74. The third-order valence-electron chi connectivity index (χ3n) is 7.44. The van der Waals surface area contributed by atoms with Crippen LogP contribution in [0.4, 0.5) is 5.95 Å². The number of benzene rings is 1.